The highest BCUT2D eigenvalue weighted by molar-refractivity contribution is 5.71. The Morgan fingerprint density at radius 1 is 0.317 bits per heavy atom. The molecule has 0 fully saturated rings. The zero-order chi connectivity index (χ0) is 45.8. The second kappa shape index (κ2) is 51.7. The summed E-state index contributed by atoms with van der Waals surface area (Å²) < 4.78 is 16.8. The Hall–Kier alpha value is -2.89. The number of carbonyl (C=O) groups excluding carboxylic acids is 3. The van der Waals surface area contributed by atoms with Gasteiger partial charge in [-0.25, -0.2) is 0 Å². The van der Waals surface area contributed by atoms with Crippen LogP contribution >= 0.6 is 0 Å². The van der Waals surface area contributed by atoms with Gasteiger partial charge >= 0.3 is 17.9 Å². The van der Waals surface area contributed by atoms with E-state index < -0.39 is 6.10 Å². The molecule has 6 heteroatoms. The standard InChI is InChI=1S/C57H100O6/c1-4-7-10-13-16-19-22-25-27-28-30-32-35-38-41-44-47-50-56(59)62-53-54(52-61-55(58)49-46-43-40-37-34-31-24-21-18-15-12-9-6-3)63-57(60)51-48-45-42-39-36-33-29-26-23-20-17-14-11-8-5-2/h16,19,25-27,29-30,32,38,41,54H,4-15,17-18,20-24,28,31,33-37,39-40,42-53H2,1-3H3/b19-16+,27-25+,29-26+,32-30+,41-38+. The number of hydrogen-bond donors (Lipinski definition) is 0. The molecule has 1 unspecified atom stereocenters. The van der Waals surface area contributed by atoms with E-state index in [9.17, 15) is 14.4 Å². The minimum atomic E-state index is -0.797. The van der Waals surface area contributed by atoms with Gasteiger partial charge in [-0.2, -0.15) is 0 Å². The Labute approximate surface area is 390 Å². The van der Waals surface area contributed by atoms with Gasteiger partial charge in [0.25, 0.3) is 0 Å². The van der Waals surface area contributed by atoms with Crippen molar-refractivity contribution in [2.24, 2.45) is 0 Å². The molecule has 0 radical (unpaired) electrons. The zero-order valence-corrected chi connectivity index (χ0v) is 41.6. The predicted octanol–water partition coefficient (Wildman–Crippen LogP) is 17.6. The van der Waals surface area contributed by atoms with E-state index in [4.69, 9.17) is 14.2 Å². The van der Waals surface area contributed by atoms with Gasteiger partial charge in [0, 0.05) is 19.3 Å². The summed E-state index contributed by atoms with van der Waals surface area (Å²) in [6.07, 6.45) is 63.5. The van der Waals surface area contributed by atoms with Crippen molar-refractivity contribution in [3.05, 3.63) is 60.8 Å². The second-order valence-corrected chi connectivity index (χ2v) is 17.8. The van der Waals surface area contributed by atoms with Crippen LogP contribution in [0.4, 0.5) is 0 Å². The van der Waals surface area contributed by atoms with E-state index in [1.54, 1.807) is 0 Å². The van der Waals surface area contributed by atoms with Crippen LogP contribution in [0, 0.1) is 0 Å². The van der Waals surface area contributed by atoms with Crippen LogP contribution in [-0.4, -0.2) is 37.2 Å². The first kappa shape index (κ1) is 60.1. The normalized spacial score (nSPS) is 12.5. The summed E-state index contributed by atoms with van der Waals surface area (Å²) in [7, 11) is 0. The first-order valence-electron chi connectivity index (χ1n) is 26.8. The number of ether oxygens (including phenoxy) is 3. The fourth-order valence-electron chi connectivity index (χ4n) is 7.43. The molecule has 0 bridgehead atoms. The smallest absolute Gasteiger partial charge is 0.306 e. The van der Waals surface area contributed by atoms with Crippen molar-refractivity contribution < 1.29 is 28.6 Å². The topological polar surface area (TPSA) is 78.9 Å². The lowest BCUT2D eigenvalue weighted by molar-refractivity contribution is -0.167. The molecule has 0 spiro atoms. The third-order valence-corrected chi connectivity index (χ3v) is 11.5. The van der Waals surface area contributed by atoms with Gasteiger partial charge in [-0.3, -0.25) is 14.4 Å². The average Bonchev–Trinajstić information content (AvgIpc) is 3.28. The largest absolute Gasteiger partial charge is 0.462 e. The average molecular weight is 881 g/mol. The van der Waals surface area contributed by atoms with E-state index in [1.807, 2.05) is 0 Å². The number of esters is 3. The molecule has 364 valence electrons. The maximum Gasteiger partial charge on any atom is 0.306 e. The number of hydrogen-bond acceptors (Lipinski definition) is 6. The van der Waals surface area contributed by atoms with E-state index in [2.05, 4.69) is 81.5 Å². The van der Waals surface area contributed by atoms with Crippen LogP contribution in [0.1, 0.15) is 265 Å². The van der Waals surface area contributed by atoms with Crippen molar-refractivity contribution in [3.8, 4) is 0 Å². The molecular formula is C57H100O6. The highest BCUT2D eigenvalue weighted by Gasteiger charge is 2.19. The lowest BCUT2D eigenvalue weighted by Crippen LogP contribution is -2.30. The second-order valence-electron chi connectivity index (χ2n) is 17.8. The molecule has 1 atom stereocenters. The van der Waals surface area contributed by atoms with Gasteiger partial charge < -0.3 is 14.2 Å². The molecule has 0 aliphatic heterocycles. The summed E-state index contributed by atoms with van der Waals surface area (Å²) in [4.78, 5) is 38.0. The van der Waals surface area contributed by atoms with E-state index in [-0.39, 0.29) is 37.5 Å². The first-order chi connectivity index (χ1) is 31.0. The summed E-state index contributed by atoms with van der Waals surface area (Å²) in [5.41, 5.74) is 0. The third-order valence-electron chi connectivity index (χ3n) is 11.5. The van der Waals surface area contributed by atoms with Crippen molar-refractivity contribution in [2.45, 2.75) is 271 Å². The summed E-state index contributed by atoms with van der Waals surface area (Å²) in [6, 6.07) is 0. The molecule has 0 aliphatic carbocycles. The van der Waals surface area contributed by atoms with Crippen LogP contribution < -0.4 is 0 Å². The van der Waals surface area contributed by atoms with E-state index >= 15 is 0 Å². The van der Waals surface area contributed by atoms with Crippen molar-refractivity contribution in [3.63, 3.8) is 0 Å². The molecule has 0 saturated heterocycles. The highest BCUT2D eigenvalue weighted by atomic mass is 16.6. The van der Waals surface area contributed by atoms with Gasteiger partial charge in [0.05, 0.1) is 0 Å². The minimum Gasteiger partial charge on any atom is -0.462 e. The molecule has 0 amide bonds. The summed E-state index contributed by atoms with van der Waals surface area (Å²) in [5, 5.41) is 0. The fraction of sp³-hybridized carbons (Fsp3) is 0.772. The predicted molar refractivity (Wildman–Crippen MR) is 270 cm³/mol. The van der Waals surface area contributed by atoms with Crippen LogP contribution in [0.3, 0.4) is 0 Å². The van der Waals surface area contributed by atoms with E-state index in [0.29, 0.717) is 19.3 Å². The minimum absolute atomic E-state index is 0.0924. The van der Waals surface area contributed by atoms with Crippen molar-refractivity contribution in [1.29, 1.82) is 0 Å². The molecule has 0 aliphatic rings. The Kier molecular flexibility index (Phi) is 49.4. The van der Waals surface area contributed by atoms with Crippen LogP contribution in [0.25, 0.3) is 0 Å². The Balaban J connectivity index is 4.46. The maximum absolute atomic E-state index is 12.8. The van der Waals surface area contributed by atoms with Gasteiger partial charge in [-0.05, 0) is 83.5 Å². The molecule has 63 heavy (non-hydrogen) atoms. The number of allylic oxidation sites excluding steroid dienone is 10. The van der Waals surface area contributed by atoms with Gasteiger partial charge in [0.1, 0.15) is 13.2 Å². The van der Waals surface area contributed by atoms with Gasteiger partial charge in [0.15, 0.2) is 6.10 Å². The molecular weight excluding hydrogens is 781 g/mol. The van der Waals surface area contributed by atoms with E-state index in [1.165, 1.54) is 141 Å². The molecule has 0 aromatic rings. The molecule has 0 saturated carbocycles. The SMILES string of the molecule is CCCCC/C=C/C/C=C/C/C=C/C/C=C/CCCC(=O)OCC(COC(=O)CCCCCCCCCCCCCCC)OC(=O)CCCCCCC/C=C/CCCCCCCC. The first-order valence-corrected chi connectivity index (χ1v) is 26.8. The highest BCUT2D eigenvalue weighted by Crippen LogP contribution is 2.15. The number of unbranched alkanes of at least 4 members (excludes halogenated alkanes) is 27. The molecule has 0 N–H and O–H groups in total. The summed E-state index contributed by atoms with van der Waals surface area (Å²) >= 11 is 0. The Bertz CT molecular complexity index is 1150. The lowest BCUT2D eigenvalue weighted by Gasteiger charge is -2.18. The van der Waals surface area contributed by atoms with Gasteiger partial charge in [0.2, 0.25) is 0 Å². The van der Waals surface area contributed by atoms with Crippen molar-refractivity contribution in [2.75, 3.05) is 13.2 Å². The molecule has 6 nitrogen and oxygen atoms in total. The quantitative estimate of drug-likeness (QED) is 0.0262. The number of rotatable bonds is 48. The van der Waals surface area contributed by atoms with Gasteiger partial charge in [-0.1, -0.05) is 223 Å². The van der Waals surface area contributed by atoms with Crippen molar-refractivity contribution >= 4 is 17.9 Å². The van der Waals surface area contributed by atoms with Gasteiger partial charge in [-0.15, -0.1) is 0 Å². The molecule has 0 rings (SSSR count). The van der Waals surface area contributed by atoms with Crippen molar-refractivity contribution in [1.82, 2.24) is 0 Å². The monoisotopic (exact) mass is 881 g/mol. The molecule has 0 aromatic carbocycles. The molecule has 0 aromatic heterocycles. The Morgan fingerprint density at radius 3 is 1.00 bits per heavy atom. The fourth-order valence-corrected chi connectivity index (χ4v) is 7.43. The summed E-state index contributed by atoms with van der Waals surface area (Å²) in [6.45, 7) is 6.56. The molecule has 0 heterocycles. The Morgan fingerprint density at radius 2 is 0.587 bits per heavy atom. The maximum atomic E-state index is 12.8. The van der Waals surface area contributed by atoms with Crippen LogP contribution in [0.15, 0.2) is 60.8 Å². The lowest BCUT2D eigenvalue weighted by atomic mass is 10.0. The van der Waals surface area contributed by atoms with Crippen LogP contribution in [-0.2, 0) is 28.6 Å². The zero-order valence-electron chi connectivity index (χ0n) is 41.6. The van der Waals surface area contributed by atoms with E-state index in [0.717, 1.165) is 77.0 Å². The summed E-state index contributed by atoms with van der Waals surface area (Å²) in [5.74, 6) is -0.953. The van der Waals surface area contributed by atoms with Crippen LogP contribution in [0.2, 0.25) is 0 Å². The number of carbonyl (C=O) groups is 3. The van der Waals surface area contributed by atoms with Crippen LogP contribution in [0.5, 0.6) is 0 Å². The third kappa shape index (κ3) is 50.0.